The predicted octanol–water partition coefficient (Wildman–Crippen LogP) is 0.841. The Balaban J connectivity index is 2.94. The molecule has 44 heavy (non-hydrogen) atoms. The number of thioether (sulfide) groups is 1. The summed E-state index contributed by atoms with van der Waals surface area (Å²) in [7, 11) is 0.989. The van der Waals surface area contributed by atoms with Crippen LogP contribution in [0.4, 0.5) is 0 Å². The molecule has 1 amide bonds. The predicted molar refractivity (Wildman–Crippen MR) is 148 cm³/mol. The van der Waals surface area contributed by atoms with Crippen molar-refractivity contribution in [3.05, 3.63) is 30.3 Å². The first-order valence-electron chi connectivity index (χ1n) is 13.2. The highest BCUT2D eigenvalue weighted by Gasteiger charge is 2.66. The number of hydrogen-bond donors (Lipinski definition) is 1. The molecule has 242 valence electrons. The average Bonchev–Trinajstić information content (AvgIpc) is 2.91. The second-order valence-electron chi connectivity index (χ2n) is 9.51. The number of hydrogen-bond acceptors (Lipinski definition) is 15. The summed E-state index contributed by atoms with van der Waals surface area (Å²) in [5.74, 6) is -9.14. The van der Waals surface area contributed by atoms with Crippen molar-refractivity contribution in [1.29, 1.82) is 0 Å². The van der Waals surface area contributed by atoms with Crippen LogP contribution in [0.5, 0.6) is 0 Å². The molecule has 1 N–H and O–H groups in total. The smallest absolute Gasteiger partial charge is 0.381 e. The van der Waals surface area contributed by atoms with E-state index in [2.05, 4.69) is 5.32 Å². The fourth-order valence-electron chi connectivity index (χ4n) is 4.52. The van der Waals surface area contributed by atoms with Crippen molar-refractivity contribution in [2.45, 2.75) is 87.9 Å². The van der Waals surface area contributed by atoms with E-state index < -0.39 is 89.8 Å². The summed E-state index contributed by atoms with van der Waals surface area (Å²) in [6.07, 6.45) is -6.67. The average molecular weight is 642 g/mol. The fourth-order valence-corrected chi connectivity index (χ4v) is 5.84. The molecule has 1 aliphatic heterocycles. The topological polar surface area (TPSA) is 196 Å². The Morgan fingerprint density at radius 3 is 1.95 bits per heavy atom. The molecule has 0 aromatic heterocycles. The first kappa shape index (κ1) is 36.0. The van der Waals surface area contributed by atoms with Gasteiger partial charge in [0.2, 0.25) is 5.91 Å². The monoisotopic (exact) mass is 641 g/mol. The highest BCUT2D eigenvalue weighted by Crippen LogP contribution is 2.45. The van der Waals surface area contributed by atoms with Crippen molar-refractivity contribution in [3.8, 4) is 0 Å². The van der Waals surface area contributed by atoms with E-state index in [9.17, 15) is 33.6 Å². The first-order chi connectivity index (χ1) is 20.6. The summed E-state index contributed by atoms with van der Waals surface area (Å²) < 4.78 is 38.3. The molecule has 1 saturated heterocycles. The molecule has 1 heterocycles. The van der Waals surface area contributed by atoms with Crippen molar-refractivity contribution in [2.24, 2.45) is 0 Å². The van der Waals surface area contributed by atoms with Gasteiger partial charge >= 0.3 is 41.6 Å². The van der Waals surface area contributed by atoms with Crippen LogP contribution in [0.2, 0.25) is 0 Å². The number of rotatable bonds is 12. The van der Waals surface area contributed by atoms with E-state index in [4.69, 9.17) is 33.2 Å². The van der Waals surface area contributed by atoms with E-state index in [1.807, 2.05) is 0 Å². The first-order valence-corrected chi connectivity index (χ1v) is 14.1. The maximum Gasteiger partial charge on any atom is 0.381 e. The van der Waals surface area contributed by atoms with Crippen LogP contribution < -0.4 is 5.32 Å². The summed E-state index contributed by atoms with van der Waals surface area (Å²) in [5.41, 5.74) is 0. The van der Waals surface area contributed by atoms with E-state index in [0.717, 1.165) is 60.4 Å². The van der Waals surface area contributed by atoms with Crippen molar-refractivity contribution >= 4 is 53.5 Å². The van der Waals surface area contributed by atoms with E-state index in [-0.39, 0.29) is 0 Å². The standard InChI is InChI=1S/C28H35NO14S/c1-14(30)29-22-24(23(40-17(4)33)21(39-16(3)32)13-38-15(2)31)43-28(27(36)37-7,42-19(6)35)26(25(22)41-18(5)34)44-20-11-9-8-10-12-20/h8-12,21-26H,13H2,1-7H3,(H,29,30)/t21-,22-,23+,24+,25+,26-,28-/m0/s1. The van der Waals surface area contributed by atoms with Crippen LogP contribution in [0.1, 0.15) is 41.5 Å². The minimum Gasteiger partial charge on any atom is -0.464 e. The van der Waals surface area contributed by atoms with Crippen LogP contribution >= 0.6 is 11.8 Å². The van der Waals surface area contributed by atoms with Gasteiger partial charge in [-0.3, -0.25) is 28.8 Å². The maximum absolute atomic E-state index is 13.6. The Morgan fingerprint density at radius 1 is 0.864 bits per heavy atom. The number of methoxy groups -OCH3 is 1. The van der Waals surface area contributed by atoms with Crippen molar-refractivity contribution < 1.29 is 66.7 Å². The zero-order valence-corrected chi connectivity index (χ0v) is 26.0. The molecule has 1 aromatic carbocycles. The highest BCUT2D eigenvalue weighted by molar-refractivity contribution is 8.00. The lowest BCUT2D eigenvalue weighted by molar-refractivity contribution is -0.300. The molecule has 1 fully saturated rings. The Bertz CT molecular complexity index is 1240. The molecule has 0 spiro atoms. The third-order valence-corrected chi connectivity index (χ3v) is 7.27. The Morgan fingerprint density at radius 2 is 1.48 bits per heavy atom. The molecule has 0 radical (unpaired) electrons. The van der Waals surface area contributed by atoms with Crippen molar-refractivity contribution in [1.82, 2.24) is 5.32 Å². The minimum atomic E-state index is -2.71. The summed E-state index contributed by atoms with van der Waals surface area (Å²) in [4.78, 5) is 87.8. The highest BCUT2D eigenvalue weighted by atomic mass is 32.2. The maximum atomic E-state index is 13.6. The molecule has 0 aliphatic carbocycles. The van der Waals surface area contributed by atoms with Crippen LogP contribution in [0.15, 0.2) is 35.2 Å². The summed E-state index contributed by atoms with van der Waals surface area (Å²) in [6.45, 7) is 5.64. The summed E-state index contributed by atoms with van der Waals surface area (Å²) in [5, 5.41) is 1.14. The van der Waals surface area contributed by atoms with Gasteiger partial charge in [0.05, 0.1) is 13.2 Å². The fraction of sp³-hybridized carbons (Fsp3) is 0.536. The minimum absolute atomic E-state index is 0.503. The van der Waals surface area contributed by atoms with E-state index in [1.54, 1.807) is 30.3 Å². The van der Waals surface area contributed by atoms with Gasteiger partial charge in [-0.1, -0.05) is 18.2 Å². The molecule has 2 rings (SSSR count). The Kier molecular flexibility index (Phi) is 13.1. The third kappa shape index (κ3) is 9.67. The molecule has 1 aromatic rings. The van der Waals surface area contributed by atoms with E-state index in [1.165, 1.54) is 0 Å². The lowest BCUT2D eigenvalue weighted by Gasteiger charge is -2.51. The molecule has 1 aliphatic rings. The normalized spacial score (nSPS) is 24.0. The van der Waals surface area contributed by atoms with Gasteiger partial charge in [-0.15, -0.1) is 11.8 Å². The van der Waals surface area contributed by atoms with E-state index in [0.29, 0.717) is 4.90 Å². The van der Waals surface area contributed by atoms with Gasteiger partial charge in [0.25, 0.3) is 0 Å². The lowest BCUT2D eigenvalue weighted by atomic mass is 9.87. The van der Waals surface area contributed by atoms with Crippen LogP contribution in [0, 0.1) is 0 Å². The van der Waals surface area contributed by atoms with Crippen molar-refractivity contribution in [3.63, 3.8) is 0 Å². The quantitative estimate of drug-likeness (QED) is 0.249. The van der Waals surface area contributed by atoms with Crippen LogP contribution in [0.3, 0.4) is 0 Å². The number of esters is 6. The van der Waals surface area contributed by atoms with Gasteiger partial charge < -0.3 is 38.5 Å². The molecule has 7 atom stereocenters. The summed E-state index contributed by atoms with van der Waals surface area (Å²) >= 11 is 0.905. The van der Waals surface area contributed by atoms with Crippen LogP contribution in [0.25, 0.3) is 0 Å². The lowest BCUT2D eigenvalue weighted by Crippen LogP contribution is -2.74. The van der Waals surface area contributed by atoms with Crippen LogP contribution in [-0.2, 0) is 66.7 Å². The van der Waals surface area contributed by atoms with Gasteiger partial charge in [0.1, 0.15) is 24.1 Å². The third-order valence-electron chi connectivity index (χ3n) is 5.90. The molecule has 0 unspecified atom stereocenters. The number of ether oxygens (including phenoxy) is 7. The zero-order valence-electron chi connectivity index (χ0n) is 25.2. The number of amides is 1. The number of carbonyl (C=O) groups excluding carboxylic acids is 7. The number of benzene rings is 1. The molecule has 15 nitrogen and oxygen atoms in total. The van der Waals surface area contributed by atoms with Crippen LogP contribution in [-0.4, -0.2) is 96.9 Å². The molecule has 0 saturated carbocycles. The Labute approximate surface area is 257 Å². The van der Waals surface area contributed by atoms with Gasteiger partial charge in [-0.25, -0.2) is 4.79 Å². The second-order valence-corrected chi connectivity index (χ2v) is 10.7. The number of carbonyl (C=O) groups is 7. The molecule has 0 bridgehead atoms. The largest absolute Gasteiger partial charge is 0.464 e. The van der Waals surface area contributed by atoms with Gasteiger partial charge in [0.15, 0.2) is 12.2 Å². The van der Waals surface area contributed by atoms with Gasteiger partial charge in [0, 0.05) is 46.4 Å². The van der Waals surface area contributed by atoms with Gasteiger partial charge in [-0.2, -0.15) is 0 Å². The van der Waals surface area contributed by atoms with E-state index >= 15 is 0 Å². The number of nitrogens with one attached hydrogen (secondary N) is 1. The molecular formula is C28H35NO14S. The molecule has 16 heteroatoms. The van der Waals surface area contributed by atoms with Crippen molar-refractivity contribution in [2.75, 3.05) is 13.7 Å². The summed E-state index contributed by atoms with van der Waals surface area (Å²) in [6, 6.07) is 6.95. The zero-order chi connectivity index (χ0) is 33.2. The Hall–Kier alpha value is -4.18. The second kappa shape index (κ2) is 16.0. The molecular weight excluding hydrogens is 606 g/mol. The van der Waals surface area contributed by atoms with Gasteiger partial charge in [-0.05, 0) is 12.1 Å². The SMILES string of the molecule is COC(=O)[C@@]1(OC(C)=O)O[C@@H]([C@H](OC(C)=O)[C@H](COC(C)=O)OC(C)=O)[C@H](NC(C)=O)[C@@H](OC(C)=O)[C@@H]1Sc1ccccc1.